The minimum absolute atomic E-state index is 0. The van der Waals surface area contributed by atoms with Gasteiger partial charge in [-0.05, 0) is 106 Å². The molecule has 0 aliphatic heterocycles. The summed E-state index contributed by atoms with van der Waals surface area (Å²) in [5, 5.41) is 68.1. The number of nitrogens with two attached hydrogens (primary N) is 2. The van der Waals surface area contributed by atoms with Gasteiger partial charge in [0.05, 0.1) is 50.7 Å². The van der Waals surface area contributed by atoms with Gasteiger partial charge in [0.15, 0.2) is 0 Å². The number of aromatic carboxylic acids is 1. The summed E-state index contributed by atoms with van der Waals surface area (Å²) in [5.41, 5.74) is 12.5. The molecule has 0 aliphatic carbocycles. The Morgan fingerprint density at radius 3 is 1.49 bits per heavy atom. The molecule has 0 aromatic heterocycles. The van der Waals surface area contributed by atoms with E-state index in [9.17, 15) is 59.0 Å². The molecular formula is C45H28N10Na4O13S3. The fourth-order valence-corrected chi connectivity index (χ4v) is 8.87. The van der Waals surface area contributed by atoms with Gasteiger partial charge in [-0.1, -0.05) is 66.1 Å². The molecule has 0 heterocycles. The Morgan fingerprint density at radius 1 is 0.467 bits per heavy atom. The van der Waals surface area contributed by atoms with Gasteiger partial charge >= 0.3 is 118 Å². The Hall–Kier alpha value is -4.92. The SMILES string of the molecule is Nc1cc(N)c(N=Nc2cc3c([O-])c(N=Nc4ccc(S(=O)(=O)[O-])c5ccccc45)c(S(=O)(=O)O)cc3cc2S(=O)(=O)O)cc1N=Nc1ccc(-c2ccc(N=Nc3ccc([O-])c(C(=O)[O-])c3)cc2)cc1.[Na+].[Na+].[Na+].[Na+]. The summed E-state index contributed by atoms with van der Waals surface area (Å²) in [7, 11) is -15.4. The van der Waals surface area contributed by atoms with Crippen molar-refractivity contribution in [2.75, 3.05) is 11.5 Å². The van der Waals surface area contributed by atoms with Crippen molar-refractivity contribution in [3.63, 3.8) is 0 Å². The van der Waals surface area contributed by atoms with Crippen molar-refractivity contribution in [2.45, 2.75) is 14.7 Å². The van der Waals surface area contributed by atoms with Crippen LogP contribution in [0.1, 0.15) is 10.4 Å². The van der Waals surface area contributed by atoms with Crippen LogP contribution in [0.3, 0.4) is 0 Å². The molecule has 75 heavy (non-hydrogen) atoms. The number of nitrogen functional groups attached to an aromatic ring is 2. The quantitative estimate of drug-likeness (QED) is 0.0375. The Balaban J connectivity index is 0.00000304. The number of azo groups is 4. The Kier molecular flexibility index (Phi) is 21.3. The summed E-state index contributed by atoms with van der Waals surface area (Å²) in [4.78, 5) is 8.51. The molecule has 0 bridgehead atoms. The van der Waals surface area contributed by atoms with Gasteiger partial charge < -0.3 is 36.1 Å². The molecule has 0 saturated carbocycles. The number of fused-ring (bicyclic) bond motifs is 2. The van der Waals surface area contributed by atoms with Crippen LogP contribution in [0.4, 0.5) is 56.9 Å². The van der Waals surface area contributed by atoms with E-state index < -0.39 is 90.2 Å². The molecule has 30 heteroatoms. The molecule has 0 saturated heterocycles. The van der Waals surface area contributed by atoms with E-state index in [-0.39, 0.29) is 163 Å². The Morgan fingerprint density at radius 2 is 0.947 bits per heavy atom. The largest absolute Gasteiger partial charge is 1.00 e. The zero-order valence-corrected chi connectivity index (χ0v) is 50.0. The predicted octanol–water partition coefficient (Wildman–Crippen LogP) is -3.59. The monoisotopic (exact) mass is 1100 g/mol. The number of carbonyl (C=O) groups is 1. The van der Waals surface area contributed by atoms with Crippen LogP contribution in [-0.4, -0.2) is 44.9 Å². The number of carbonyl (C=O) groups excluding carboxylic acids is 1. The summed E-state index contributed by atoms with van der Waals surface area (Å²) in [5.74, 6) is -3.55. The van der Waals surface area contributed by atoms with Gasteiger partial charge in [-0.25, -0.2) is 8.42 Å². The van der Waals surface area contributed by atoms with Crippen LogP contribution in [0, 0.1) is 0 Å². The number of hydrogen-bond acceptors (Lipinski definition) is 21. The normalized spacial score (nSPS) is 11.9. The standard InChI is InChI=1S/C45H32N10O13S3.4Na/c46-33-21-34(47)37(22-36(33)52-49-27-11-7-24(8-12-27)23-5-9-26(10-6-23)48-50-28-13-15-39(56)32(19-28)45(58)59)53-54-38-20-31-25(17-41(38)70(63,64)65)18-42(71(66,67)68)43(44(31)57)55-51-35-14-16-40(69(60,61)62)30-4-2-1-3-29(30)35;;;;/h1-22,56-57H,46-47H2,(H,58,59)(H,60,61,62)(H,63,64,65)(H,66,67,68);;;;/q;4*+1/p-4. The molecule has 0 radical (unpaired) electrons. The Labute approximate surface area is 514 Å². The first-order valence-corrected chi connectivity index (χ1v) is 24.2. The average Bonchev–Trinajstić information content (AvgIpc) is 3.31. The van der Waals surface area contributed by atoms with E-state index in [0.717, 1.165) is 41.5 Å². The number of nitrogens with zero attached hydrogens (tertiary/aromatic N) is 8. The second kappa shape index (κ2) is 25.5. The maximum atomic E-state index is 14.0. The molecule has 0 spiro atoms. The third-order valence-corrected chi connectivity index (χ3v) is 12.9. The molecule has 0 fully saturated rings. The number of rotatable bonds is 13. The number of carboxylic acids is 1. The number of carboxylic acid groups (broad SMARTS) is 1. The summed E-state index contributed by atoms with van der Waals surface area (Å²) in [6.07, 6.45) is 0. The van der Waals surface area contributed by atoms with Crippen LogP contribution in [0.15, 0.2) is 189 Å². The molecule has 8 rings (SSSR count). The van der Waals surface area contributed by atoms with Crippen molar-refractivity contribution in [3.8, 4) is 22.6 Å². The number of benzene rings is 8. The van der Waals surface area contributed by atoms with E-state index in [1.54, 1.807) is 48.5 Å². The van der Waals surface area contributed by atoms with Gasteiger partial charge in [0.25, 0.3) is 20.2 Å². The van der Waals surface area contributed by atoms with Crippen molar-refractivity contribution in [1.29, 1.82) is 0 Å². The van der Waals surface area contributed by atoms with Gasteiger partial charge in [0.2, 0.25) is 0 Å². The molecule has 8 aromatic carbocycles. The van der Waals surface area contributed by atoms with Crippen molar-refractivity contribution in [1.82, 2.24) is 0 Å². The summed E-state index contributed by atoms with van der Waals surface area (Å²) >= 11 is 0. The van der Waals surface area contributed by atoms with Crippen LogP contribution in [-0.2, 0) is 30.4 Å². The minimum atomic E-state index is -5.28. The fourth-order valence-electron chi connectivity index (χ4n) is 6.89. The number of hydrogen-bond donors (Lipinski definition) is 4. The van der Waals surface area contributed by atoms with Gasteiger partial charge in [0.1, 0.15) is 37.0 Å². The first-order valence-electron chi connectivity index (χ1n) is 19.9. The molecule has 6 N–H and O–H groups in total. The maximum absolute atomic E-state index is 14.0. The average molecular weight is 1100 g/mol. The summed E-state index contributed by atoms with van der Waals surface area (Å²) in [6, 6.07) is 29.6. The van der Waals surface area contributed by atoms with Crippen LogP contribution in [0.2, 0.25) is 0 Å². The van der Waals surface area contributed by atoms with E-state index >= 15 is 0 Å². The van der Waals surface area contributed by atoms with Gasteiger partial charge in [-0.2, -0.15) is 32.2 Å². The van der Waals surface area contributed by atoms with Gasteiger partial charge in [-0.15, -0.1) is 25.6 Å². The summed E-state index contributed by atoms with van der Waals surface area (Å²) in [6.45, 7) is 0. The zero-order valence-electron chi connectivity index (χ0n) is 39.5. The fraction of sp³-hybridized carbons (Fsp3) is 0. The van der Waals surface area contributed by atoms with Crippen LogP contribution in [0.5, 0.6) is 11.5 Å². The van der Waals surface area contributed by atoms with Crippen molar-refractivity contribution in [2.24, 2.45) is 40.9 Å². The first kappa shape index (κ1) is 62.6. The van der Waals surface area contributed by atoms with Crippen LogP contribution in [0.25, 0.3) is 32.7 Å². The van der Waals surface area contributed by atoms with Crippen molar-refractivity contribution >= 4 is 115 Å². The van der Waals surface area contributed by atoms with E-state index in [1.165, 1.54) is 42.5 Å². The summed E-state index contributed by atoms with van der Waals surface area (Å²) < 4.78 is 106. The second-order valence-corrected chi connectivity index (χ2v) is 19.1. The van der Waals surface area contributed by atoms with Gasteiger partial charge in [-0.3, -0.25) is 9.11 Å². The van der Waals surface area contributed by atoms with Crippen LogP contribution < -0.4 is 145 Å². The predicted molar refractivity (Wildman–Crippen MR) is 249 cm³/mol. The molecule has 23 nitrogen and oxygen atoms in total. The van der Waals surface area contributed by atoms with Crippen molar-refractivity contribution in [3.05, 3.63) is 139 Å². The molecule has 0 unspecified atom stereocenters. The molecule has 358 valence electrons. The van der Waals surface area contributed by atoms with Gasteiger partial charge in [0, 0.05) is 10.8 Å². The second-order valence-electron chi connectivity index (χ2n) is 15.0. The van der Waals surface area contributed by atoms with Crippen LogP contribution >= 0.6 is 0 Å². The third-order valence-electron chi connectivity index (χ3n) is 10.3. The van der Waals surface area contributed by atoms with E-state index in [4.69, 9.17) is 11.5 Å². The molecular weight excluding hydrogens is 1080 g/mol. The number of anilines is 2. The topological polar surface area (TPSA) is 403 Å². The molecule has 0 amide bonds. The molecule has 0 aliphatic rings. The first-order chi connectivity index (χ1) is 33.5. The molecule has 8 aromatic rings. The van der Waals surface area contributed by atoms with Crippen molar-refractivity contribution < 1.29 is 177 Å². The maximum Gasteiger partial charge on any atom is 1.00 e. The molecule has 0 atom stereocenters. The zero-order chi connectivity index (χ0) is 51.0. The Bertz CT molecular complexity index is 4010. The van der Waals surface area contributed by atoms with E-state index in [1.807, 2.05) is 0 Å². The minimum Gasteiger partial charge on any atom is -0.872 e. The smallest absolute Gasteiger partial charge is 0.872 e. The third kappa shape index (κ3) is 14.6. The van der Waals surface area contributed by atoms with E-state index in [2.05, 4.69) is 40.9 Å². The van der Waals surface area contributed by atoms with E-state index in [0.29, 0.717) is 23.5 Å².